The van der Waals surface area contributed by atoms with Gasteiger partial charge in [-0.1, -0.05) is 42.5 Å². The number of rotatable bonds is 2. The Kier molecular flexibility index (Phi) is 5.09. The molecule has 0 aliphatic carbocycles. The summed E-state index contributed by atoms with van der Waals surface area (Å²) in [5.74, 6) is 0. The number of anilines is 1. The first kappa shape index (κ1) is 12.3. The van der Waals surface area contributed by atoms with Gasteiger partial charge in [0, 0.05) is 5.69 Å². The van der Waals surface area contributed by atoms with Crippen molar-refractivity contribution in [3.8, 4) is 0 Å². The summed E-state index contributed by atoms with van der Waals surface area (Å²) < 4.78 is 0. The summed E-state index contributed by atoms with van der Waals surface area (Å²) in [4.78, 5) is 0. The number of nitrogen functional groups attached to an aromatic ring is 1. The van der Waals surface area contributed by atoms with E-state index in [2.05, 4.69) is 36.1 Å². The van der Waals surface area contributed by atoms with Crippen LogP contribution in [0.15, 0.2) is 54.6 Å². The minimum Gasteiger partial charge on any atom is -0.399 e. The van der Waals surface area contributed by atoms with E-state index in [4.69, 9.17) is 5.73 Å². The van der Waals surface area contributed by atoms with Crippen LogP contribution >= 0.6 is 0 Å². The van der Waals surface area contributed by atoms with E-state index in [1.165, 1.54) is 18.2 Å². The van der Waals surface area contributed by atoms with Gasteiger partial charge in [-0.15, -0.1) is 0 Å². The lowest BCUT2D eigenvalue weighted by Gasteiger charge is -2.02. The van der Waals surface area contributed by atoms with E-state index in [1.807, 2.05) is 24.3 Å². The fourth-order valence-electron chi connectivity index (χ4n) is 1.53. The number of nitrogens with two attached hydrogens (primary N) is 2. The van der Waals surface area contributed by atoms with Crippen LogP contribution < -0.4 is 11.5 Å². The van der Waals surface area contributed by atoms with Crippen LogP contribution in [0.25, 0.3) is 0 Å². The fourth-order valence-corrected chi connectivity index (χ4v) is 1.53. The van der Waals surface area contributed by atoms with Gasteiger partial charge >= 0.3 is 0 Å². The van der Waals surface area contributed by atoms with Crippen molar-refractivity contribution in [1.82, 2.24) is 0 Å². The summed E-state index contributed by atoms with van der Waals surface area (Å²) in [6.07, 6.45) is 0.950. The van der Waals surface area contributed by atoms with Crippen LogP contribution in [0.3, 0.4) is 0 Å². The minimum atomic E-state index is 0.832. The molecule has 84 valence electrons. The molecule has 0 spiro atoms. The number of hydrogen-bond donors (Lipinski definition) is 2. The molecule has 0 radical (unpaired) electrons. The molecular weight excluding hydrogens is 196 g/mol. The van der Waals surface area contributed by atoms with E-state index < -0.39 is 0 Å². The second-order valence-corrected chi connectivity index (χ2v) is 3.41. The molecule has 0 atom stereocenters. The first-order valence-electron chi connectivity index (χ1n) is 5.31. The topological polar surface area (TPSA) is 52.0 Å². The van der Waals surface area contributed by atoms with Crippen LogP contribution in [0.4, 0.5) is 5.69 Å². The van der Waals surface area contributed by atoms with E-state index in [0.29, 0.717) is 0 Å². The number of hydrogen-bond acceptors (Lipinski definition) is 2. The van der Waals surface area contributed by atoms with Crippen LogP contribution in [0.5, 0.6) is 0 Å². The highest BCUT2D eigenvalue weighted by atomic mass is 14.5. The highest BCUT2D eigenvalue weighted by Gasteiger charge is 1.95. The van der Waals surface area contributed by atoms with Crippen molar-refractivity contribution in [1.29, 1.82) is 0 Å². The molecule has 2 aromatic carbocycles. The summed E-state index contributed by atoms with van der Waals surface area (Å²) in [7, 11) is 1.50. The fraction of sp³-hybridized carbons (Fsp3) is 0.143. The molecule has 0 fully saturated rings. The molecule has 2 aromatic rings. The Balaban J connectivity index is 0.000000606. The average molecular weight is 214 g/mol. The van der Waals surface area contributed by atoms with Gasteiger partial charge < -0.3 is 11.5 Å². The smallest absolute Gasteiger partial charge is 0.0316 e. The Bertz CT molecular complexity index is 410. The second kappa shape index (κ2) is 6.64. The molecule has 0 heterocycles. The summed E-state index contributed by atoms with van der Waals surface area (Å²) in [6, 6.07) is 18.4. The first-order valence-corrected chi connectivity index (χ1v) is 5.31. The Morgan fingerprint density at radius 2 is 1.44 bits per heavy atom. The Hall–Kier alpha value is -1.80. The first-order chi connectivity index (χ1) is 7.84. The molecule has 2 heteroatoms. The summed E-state index contributed by atoms with van der Waals surface area (Å²) in [5, 5.41) is 0. The predicted molar refractivity (Wildman–Crippen MR) is 70.2 cm³/mol. The SMILES string of the molecule is CN.Nc1cccc(Cc2ccccc2)c1. The van der Waals surface area contributed by atoms with Gasteiger partial charge in [0.05, 0.1) is 0 Å². The molecule has 0 aromatic heterocycles. The van der Waals surface area contributed by atoms with Gasteiger partial charge in [-0.05, 0) is 36.7 Å². The second-order valence-electron chi connectivity index (χ2n) is 3.41. The quantitative estimate of drug-likeness (QED) is 0.754. The van der Waals surface area contributed by atoms with Crippen molar-refractivity contribution in [2.24, 2.45) is 5.73 Å². The average Bonchev–Trinajstić information content (AvgIpc) is 2.33. The molecule has 0 saturated heterocycles. The van der Waals surface area contributed by atoms with E-state index in [0.717, 1.165) is 12.1 Å². The maximum Gasteiger partial charge on any atom is 0.0316 e. The highest BCUT2D eigenvalue weighted by Crippen LogP contribution is 2.11. The van der Waals surface area contributed by atoms with Gasteiger partial charge in [-0.2, -0.15) is 0 Å². The molecule has 0 aliphatic heterocycles. The van der Waals surface area contributed by atoms with Crippen LogP contribution in [0, 0.1) is 0 Å². The molecule has 0 unspecified atom stereocenters. The normalized spacial score (nSPS) is 9.12. The Labute approximate surface area is 96.9 Å². The maximum atomic E-state index is 5.71. The molecule has 0 saturated carbocycles. The van der Waals surface area contributed by atoms with Crippen LogP contribution in [-0.4, -0.2) is 7.05 Å². The molecular formula is C14H18N2. The summed E-state index contributed by atoms with van der Waals surface area (Å²) in [5.41, 5.74) is 13.6. The van der Waals surface area contributed by atoms with Gasteiger partial charge in [0.2, 0.25) is 0 Å². The molecule has 0 amide bonds. The third-order valence-electron chi connectivity index (χ3n) is 2.20. The van der Waals surface area contributed by atoms with Crippen molar-refractivity contribution in [2.45, 2.75) is 6.42 Å². The van der Waals surface area contributed by atoms with E-state index in [-0.39, 0.29) is 0 Å². The van der Waals surface area contributed by atoms with E-state index in [9.17, 15) is 0 Å². The standard InChI is InChI=1S/C13H13N.CH5N/c14-13-8-4-7-12(10-13)9-11-5-2-1-3-6-11;1-2/h1-8,10H,9,14H2;2H2,1H3. The lowest BCUT2D eigenvalue weighted by atomic mass is 10.0. The minimum absolute atomic E-state index is 0.832. The summed E-state index contributed by atoms with van der Waals surface area (Å²) >= 11 is 0. The van der Waals surface area contributed by atoms with Gasteiger partial charge in [0.1, 0.15) is 0 Å². The Morgan fingerprint density at radius 1 is 0.812 bits per heavy atom. The van der Waals surface area contributed by atoms with Gasteiger partial charge in [0.15, 0.2) is 0 Å². The van der Waals surface area contributed by atoms with Gasteiger partial charge in [-0.3, -0.25) is 0 Å². The molecule has 0 bridgehead atoms. The van der Waals surface area contributed by atoms with E-state index >= 15 is 0 Å². The van der Waals surface area contributed by atoms with Crippen molar-refractivity contribution in [3.63, 3.8) is 0 Å². The zero-order valence-corrected chi connectivity index (χ0v) is 9.56. The van der Waals surface area contributed by atoms with Crippen molar-refractivity contribution < 1.29 is 0 Å². The molecule has 0 aliphatic rings. The van der Waals surface area contributed by atoms with Gasteiger partial charge in [-0.25, -0.2) is 0 Å². The zero-order chi connectivity index (χ0) is 11.8. The maximum absolute atomic E-state index is 5.71. The zero-order valence-electron chi connectivity index (χ0n) is 9.56. The van der Waals surface area contributed by atoms with Crippen molar-refractivity contribution in [2.75, 3.05) is 12.8 Å². The van der Waals surface area contributed by atoms with Crippen LogP contribution in [-0.2, 0) is 6.42 Å². The molecule has 16 heavy (non-hydrogen) atoms. The largest absolute Gasteiger partial charge is 0.399 e. The Morgan fingerprint density at radius 3 is 2.06 bits per heavy atom. The molecule has 2 rings (SSSR count). The predicted octanol–water partition coefficient (Wildman–Crippen LogP) is 2.43. The van der Waals surface area contributed by atoms with Crippen LogP contribution in [0.1, 0.15) is 11.1 Å². The van der Waals surface area contributed by atoms with E-state index in [1.54, 1.807) is 0 Å². The van der Waals surface area contributed by atoms with Gasteiger partial charge in [0.25, 0.3) is 0 Å². The lowest BCUT2D eigenvalue weighted by molar-refractivity contribution is 1.19. The summed E-state index contributed by atoms with van der Waals surface area (Å²) in [6.45, 7) is 0. The molecule has 2 nitrogen and oxygen atoms in total. The molecule has 4 N–H and O–H groups in total. The third kappa shape index (κ3) is 3.75. The highest BCUT2D eigenvalue weighted by molar-refractivity contribution is 5.42. The van der Waals surface area contributed by atoms with Crippen molar-refractivity contribution in [3.05, 3.63) is 65.7 Å². The lowest BCUT2D eigenvalue weighted by Crippen LogP contribution is -1.90. The van der Waals surface area contributed by atoms with Crippen LogP contribution in [0.2, 0.25) is 0 Å². The monoisotopic (exact) mass is 214 g/mol. The van der Waals surface area contributed by atoms with Crippen molar-refractivity contribution >= 4 is 5.69 Å². The third-order valence-corrected chi connectivity index (χ3v) is 2.20. The number of benzene rings is 2.